The molecule has 2 N–H and O–H groups in total. The minimum Gasteiger partial charge on any atom is -0.491 e. The highest BCUT2D eigenvalue weighted by Gasteiger charge is 2.42. The van der Waals surface area contributed by atoms with Crippen LogP contribution < -0.4 is 20.1 Å². The zero-order chi connectivity index (χ0) is 24.9. The van der Waals surface area contributed by atoms with Crippen LogP contribution in [0.3, 0.4) is 0 Å². The number of pyridine rings is 3. The van der Waals surface area contributed by atoms with Gasteiger partial charge >= 0.3 is 0 Å². The van der Waals surface area contributed by atoms with E-state index in [1.54, 1.807) is 18.9 Å². The number of nitrogens with zero attached hydrogens (tertiary/aromatic N) is 4. The summed E-state index contributed by atoms with van der Waals surface area (Å²) in [4.78, 5) is 29.5. The highest BCUT2D eigenvalue weighted by molar-refractivity contribution is 8.00. The highest BCUT2D eigenvalue weighted by atomic mass is 32.2. The molecule has 7 rings (SSSR count). The molecule has 2 saturated heterocycles. The maximum Gasteiger partial charge on any atom is 0.235 e. The third-order valence-electron chi connectivity index (χ3n) is 8.17. The van der Waals surface area contributed by atoms with E-state index >= 15 is 0 Å². The lowest BCUT2D eigenvalue weighted by molar-refractivity contribution is -0.113. The standard InChI is InChI=1S/C27H30N6O3S/c1-35-24-7-5-20-26(32-24)25-15(13-36-21(25)11-29-20)12-33-18-3-4-19(33)9-17(8-18)28-10-16-2-6-22-27(30-16)31-23(34)14-37-22/h2,5-7,11,15,17-19,28H,3-4,8-10,12-14H2,1H3,(H,30,31,34)/t15?,17-,18-,19+. The number of fused-ring (bicyclic) bond motifs is 6. The third kappa shape index (κ3) is 4.30. The maximum absolute atomic E-state index is 11.7. The van der Waals surface area contributed by atoms with Crippen molar-refractivity contribution < 1.29 is 14.3 Å². The molecular formula is C27H30N6O3S. The molecule has 3 aromatic heterocycles. The van der Waals surface area contributed by atoms with Gasteiger partial charge in [0.25, 0.3) is 0 Å². The van der Waals surface area contributed by atoms with Gasteiger partial charge in [-0.15, -0.1) is 11.8 Å². The van der Waals surface area contributed by atoms with Crippen molar-refractivity contribution in [3.63, 3.8) is 0 Å². The Labute approximate surface area is 219 Å². The van der Waals surface area contributed by atoms with Crippen molar-refractivity contribution in [3.8, 4) is 11.6 Å². The van der Waals surface area contributed by atoms with Crippen LogP contribution in [0.1, 0.15) is 42.9 Å². The van der Waals surface area contributed by atoms with Crippen LogP contribution >= 0.6 is 11.8 Å². The van der Waals surface area contributed by atoms with Crippen molar-refractivity contribution in [3.05, 3.63) is 41.7 Å². The van der Waals surface area contributed by atoms with Gasteiger partial charge in [0.1, 0.15) is 17.1 Å². The van der Waals surface area contributed by atoms with E-state index in [2.05, 4.69) is 37.6 Å². The van der Waals surface area contributed by atoms with E-state index in [1.807, 2.05) is 18.3 Å². The van der Waals surface area contributed by atoms with Crippen LogP contribution in [0.15, 0.2) is 35.4 Å². The number of piperidine rings is 1. The molecule has 2 fully saturated rings. The summed E-state index contributed by atoms with van der Waals surface area (Å²) in [7, 11) is 1.65. The molecule has 0 aromatic carbocycles. The van der Waals surface area contributed by atoms with Gasteiger partial charge in [0, 0.05) is 48.8 Å². The van der Waals surface area contributed by atoms with Crippen molar-refractivity contribution in [1.29, 1.82) is 0 Å². The van der Waals surface area contributed by atoms with Crippen molar-refractivity contribution >= 4 is 34.5 Å². The van der Waals surface area contributed by atoms with Crippen molar-refractivity contribution in [2.45, 2.75) is 61.2 Å². The molecule has 0 spiro atoms. The number of ether oxygens (including phenoxy) is 2. The summed E-state index contributed by atoms with van der Waals surface area (Å²) in [6, 6.07) is 9.59. The Morgan fingerprint density at radius 3 is 2.89 bits per heavy atom. The molecule has 10 heteroatoms. The van der Waals surface area contributed by atoms with Gasteiger partial charge in [-0.2, -0.15) is 0 Å². The van der Waals surface area contributed by atoms with Crippen molar-refractivity contribution in [2.24, 2.45) is 0 Å². The first-order chi connectivity index (χ1) is 18.1. The minimum atomic E-state index is 0.0218. The van der Waals surface area contributed by atoms with Gasteiger partial charge in [0.05, 0.1) is 41.8 Å². The summed E-state index contributed by atoms with van der Waals surface area (Å²) in [5.41, 5.74) is 3.93. The monoisotopic (exact) mass is 518 g/mol. The number of carbonyl (C=O) groups is 1. The van der Waals surface area contributed by atoms with Gasteiger partial charge in [-0.1, -0.05) is 0 Å². The van der Waals surface area contributed by atoms with Crippen LogP contribution in [0.4, 0.5) is 5.82 Å². The second-order valence-electron chi connectivity index (χ2n) is 10.4. The SMILES string of the molecule is COc1ccc2ncc3c(c2n1)C(CN1[C@@H]2CC[C@H]1C[C@H](NCc1ccc4c(n1)NC(=O)CS4)C2)CO3. The number of anilines is 1. The summed E-state index contributed by atoms with van der Waals surface area (Å²) < 4.78 is 11.5. The molecule has 7 heterocycles. The third-order valence-corrected chi connectivity index (χ3v) is 9.21. The lowest BCUT2D eigenvalue weighted by Gasteiger charge is -2.40. The number of thioether (sulfide) groups is 1. The zero-order valence-electron chi connectivity index (χ0n) is 20.8. The summed E-state index contributed by atoms with van der Waals surface area (Å²) >= 11 is 1.55. The quantitative estimate of drug-likeness (QED) is 0.509. The molecule has 0 saturated carbocycles. The number of hydrogen-bond donors (Lipinski definition) is 2. The fourth-order valence-corrected chi connectivity index (χ4v) is 7.19. The Hall–Kier alpha value is -2.95. The topological polar surface area (TPSA) is 102 Å². The van der Waals surface area contributed by atoms with Crippen LogP contribution in [0, 0.1) is 0 Å². The van der Waals surface area contributed by atoms with Crippen LogP contribution in [-0.4, -0.2) is 69.9 Å². The minimum absolute atomic E-state index is 0.0218. The number of nitrogens with one attached hydrogen (secondary N) is 2. The Bertz CT molecular complexity index is 1360. The Kier molecular flexibility index (Phi) is 5.90. The fourth-order valence-electron chi connectivity index (χ4n) is 6.44. The van der Waals surface area contributed by atoms with Crippen molar-refractivity contribution in [2.75, 3.05) is 31.3 Å². The molecule has 2 bridgehead atoms. The van der Waals surface area contributed by atoms with E-state index in [0.29, 0.717) is 48.7 Å². The van der Waals surface area contributed by atoms with Crippen LogP contribution in [0.2, 0.25) is 0 Å². The van der Waals surface area contributed by atoms with E-state index in [4.69, 9.17) is 14.5 Å². The summed E-state index contributed by atoms with van der Waals surface area (Å²) in [5.74, 6) is 2.92. The lowest BCUT2D eigenvalue weighted by Crippen LogP contribution is -2.50. The highest BCUT2D eigenvalue weighted by Crippen LogP contribution is 2.42. The average Bonchev–Trinajstić information content (AvgIpc) is 3.43. The average molecular weight is 519 g/mol. The first-order valence-electron chi connectivity index (χ1n) is 13.0. The largest absolute Gasteiger partial charge is 0.491 e. The molecule has 9 nitrogen and oxygen atoms in total. The molecular weight excluding hydrogens is 488 g/mol. The predicted octanol–water partition coefficient (Wildman–Crippen LogP) is 3.34. The van der Waals surface area contributed by atoms with Gasteiger partial charge in [0.15, 0.2) is 0 Å². The van der Waals surface area contributed by atoms with E-state index in [-0.39, 0.29) is 11.8 Å². The fraction of sp³-hybridized carbons (Fsp3) is 0.481. The molecule has 37 heavy (non-hydrogen) atoms. The Morgan fingerprint density at radius 2 is 2.05 bits per heavy atom. The number of amides is 1. The Morgan fingerprint density at radius 1 is 1.19 bits per heavy atom. The molecule has 3 aromatic rings. The van der Waals surface area contributed by atoms with Gasteiger partial charge in [-0.05, 0) is 43.9 Å². The number of hydrogen-bond acceptors (Lipinski definition) is 9. The second kappa shape index (κ2) is 9.41. The molecule has 0 radical (unpaired) electrons. The molecule has 4 atom stereocenters. The first kappa shape index (κ1) is 23.2. The molecule has 0 aliphatic carbocycles. The Balaban J connectivity index is 1.02. The predicted molar refractivity (Wildman–Crippen MR) is 141 cm³/mol. The summed E-state index contributed by atoms with van der Waals surface area (Å²) in [6.45, 7) is 2.37. The number of carbonyl (C=O) groups excluding carboxylic acids is 1. The number of methoxy groups -OCH3 is 1. The van der Waals surface area contributed by atoms with Gasteiger partial charge in [-0.25, -0.2) is 9.97 Å². The van der Waals surface area contributed by atoms with Crippen LogP contribution in [0.5, 0.6) is 11.6 Å². The molecule has 1 unspecified atom stereocenters. The normalized spacial score (nSPS) is 26.5. The second-order valence-corrected chi connectivity index (χ2v) is 11.4. The molecule has 1 amide bonds. The summed E-state index contributed by atoms with van der Waals surface area (Å²) in [6.07, 6.45) is 6.60. The number of aromatic nitrogens is 3. The molecule has 4 aliphatic heterocycles. The van der Waals surface area contributed by atoms with E-state index < -0.39 is 0 Å². The van der Waals surface area contributed by atoms with Gasteiger partial charge < -0.3 is 20.1 Å². The zero-order valence-corrected chi connectivity index (χ0v) is 21.6. The van der Waals surface area contributed by atoms with Crippen molar-refractivity contribution in [1.82, 2.24) is 25.2 Å². The van der Waals surface area contributed by atoms with E-state index in [1.165, 1.54) is 18.4 Å². The van der Waals surface area contributed by atoms with Gasteiger partial charge in [-0.3, -0.25) is 14.7 Å². The smallest absolute Gasteiger partial charge is 0.235 e. The number of rotatable bonds is 6. The maximum atomic E-state index is 11.7. The summed E-state index contributed by atoms with van der Waals surface area (Å²) in [5, 5.41) is 6.65. The van der Waals surface area contributed by atoms with Crippen LogP contribution in [-0.2, 0) is 11.3 Å². The first-order valence-corrected chi connectivity index (χ1v) is 14.0. The lowest BCUT2D eigenvalue weighted by atomic mass is 9.93. The molecule has 192 valence electrons. The molecule has 4 aliphatic rings. The van der Waals surface area contributed by atoms with E-state index in [9.17, 15) is 4.79 Å². The van der Waals surface area contributed by atoms with Crippen LogP contribution in [0.25, 0.3) is 11.0 Å². The van der Waals surface area contributed by atoms with E-state index in [0.717, 1.165) is 46.8 Å². The van der Waals surface area contributed by atoms with Gasteiger partial charge in [0.2, 0.25) is 11.8 Å².